The molecule has 8 nitrogen and oxygen atoms in total. The van der Waals surface area contributed by atoms with E-state index in [1.54, 1.807) is 6.07 Å². The van der Waals surface area contributed by atoms with Gasteiger partial charge in [0.1, 0.15) is 11.6 Å². The summed E-state index contributed by atoms with van der Waals surface area (Å²) in [6.07, 6.45) is 5.79. The molecule has 0 saturated carbocycles. The van der Waals surface area contributed by atoms with Crippen LogP contribution in [0.3, 0.4) is 0 Å². The number of nitriles is 1. The highest BCUT2D eigenvalue weighted by atomic mass is 19.1. The molecule has 1 aromatic carbocycles. The van der Waals surface area contributed by atoms with Crippen molar-refractivity contribution in [2.75, 3.05) is 10.6 Å². The van der Waals surface area contributed by atoms with Gasteiger partial charge in [-0.1, -0.05) is 0 Å². The van der Waals surface area contributed by atoms with E-state index >= 15 is 0 Å². The second kappa shape index (κ2) is 8.71. The first-order valence-corrected chi connectivity index (χ1v) is 11.2. The summed E-state index contributed by atoms with van der Waals surface area (Å²) in [5, 5.41) is 27.2. The van der Waals surface area contributed by atoms with Crippen LogP contribution in [-0.4, -0.2) is 38.3 Å². The molecule has 166 valence electrons. The number of piperidine rings is 2. The van der Waals surface area contributed by atoms with Gasteiger partial charge in [0.2, 0.25) is 5.95 Å². The van der Waals surface area contributed by atoms with E-state index in [9.17, 15) is 4.39 Å². The van der Waals surface area contributed by atoms with Gasteiger partial charge in [-0.2, -0.15) is 15.3 Å². The first-order chi connectivity index (χ1) is 15.6. The highest BCUT2D eigenvalue weighted by Crippen LogP contribution is 2.34. The van der Waals surface area contributed by atoms with Crippen LogP contribution >= 0.6 is 0 Å². The van der Waals surface area contributed by atoms with Crippen molar-refractivity contribution in [3.63, 3.8) is 0 Å². The van der Waals surface area contributed by atoms with Crippen LogP contribution in [0.4, 0.5) is 22.0 Å². The smallest absolute Gasteiger partial charge is 0.225 e. The van der Waals surface area contributed by atoms with E-state index in [4.69, 9.17) is 10.2 Å². The third kappa shape index (κ3) is 4.50. The van der Waals surface area contributed by atoms with Crippen LogP contribution in [0, 0.1) is 30.0 Å². The molecule has 0 aliphatic carbocycles. The van der Waals surface area contributed by atoms with Crippen LogP contribution in [0.5, 0.6) is 0 Å². The number of halogens is 1. The summed E-state index contributed by atoms with van der Waals surface area (Å²) in [6.45, 7) is 1.93. The molecule has 4 atom stereocenters. The van der Waals surface area contributed by atoms with E-state index in [1.165, 1.54) is 12.1 Å². The Morgan fingerprint density at radius 1 is 1.16 bits per heavy atom. The molecule has 0 radical (unpaired) electrons. The molecule has 2 unspecified atom stereocenters. The van der Waals surface area contributed by atoms with Crippen molar-refractivity contribution in [3.8, 4) is 6.07 Å². The Morgan fingerprint density at radius 3 is 2.69 bits per heavy atom. The molecule has 0 spiro atoms. The van der Waals surface area contributed by atoms with Gasteiger partial charge in [-0.3, -0.25) is 5.10 Å². The normalized spacial score (nSPS) is 24.8. The molecule has 2 aliphatic heterocycles. The third-order valence-corrected chi connectivity index (χ3v) is 6.45. The number of rotatable bonds is 6. The number of hydrogen-bond acceptors (Lipinski definition) is 7. The summed E-state index contributed by atoms with van der Waals surface area (Å²) in [5.74, 6) is 2.03. The summed E-state index contributed by atoms with van der Waals surface area (Å²) >= 11 is 0. The first-order valence-electron chi connectivity index (χ1n) is 11.2. The molecule has 2 saturated heterocycles. The Bertz CT molecular complexity index is 1140. The van der Waals surface area contributed by atoms with Crippen molar-refractivity contribution in [2.24, 2.45) is 5.92 Å². The van der Waals surface area contributed by atoms with E-state index in [0.29, 0.717) is 47.5 Å². The predicted octanol–water partition coefficient (Wildman–Crippen LogP) is 4.16. The number of aromatic nitrogens is 4. The van der Waals surface area contributed by atoms with Gasteiger partial charge in [-0.05, 0) is 57.1 Å². The minimum atomic E-state index is -0.330. The summed E-state index contributed by atoms with van der Waals surface area (Å²) in [7, 11) is 0. The van der Waals surface area contributed by atoms with E-state index in [1.807, 2.05) is 13.0 Å². The minimum Gasteiger partial charge on any atom is -0.351 e. The average molecular weight is 435 g/mol. The molecule has 2 aliphatic rings. The largest absolute Gasteiger partial charge is 0.351 e. The second-order valence-corrected chi connectivity index (χ2v) is 9.03. The van der Waals surface area contributed by atoms with Gasteiger partial charge in [0.25, 0.3) is 0 Å². The molecule has 3 aromatic rings. The van der Waals surface area contributed by atoms with E-state index < -0.39 is 0 Å². The van der Waals surface area contributed by atoms with Crippen LogP contribution in [0.15, 0.2) is 24.3 Å². The third-order valence-electron chi connectivity index (χ3n) is 6.45. The molecule has 2 aromatic heterocycles. The topological polar surface area (TPSA) is 114 Å². The Kier molecular flexibility index (Phi) is 5.62. The van der Waals surface area contributed by atoms with Gasteiger partial charge in [-0.25, -0.2) is 9.37 Å². The molecule has 2 fully saturated rings. The molecule has 4 N–H and O–H groups in total. The zero-order valence-corrected chi connectivity index (χ0v) is 18.0. The lowest BCUT2D eigenvalue weighted by molar-refractivity contribution is 0.171. The number of benzene rings is 1. The SMILES string of the molecule is Cc1cc(Nc2nc(NC3C[C@H]4CC(CCC#N)C[C@@H](C3)N4)nc3cc(F)ccc23)n[nH]1. The number of aromatic amines is 1. The van der Waals surface area contributed by atoms with Crippen LogP contribution < -0.4 is 16.0 Å². The Hall–Kier alpha value is -3.25. The van der Waals surface area contributed by atoms with Crippen LogP contribution in [0.1, 0.15) is 44.2 Å². The molecular weight excluding hydrogens is 407 g/mol. The van der Waals surface area contributed by atoms with Gasteiger partial charge in [-0.15, -0.1) is 0 Å². The average Bonchev–Trinajstić information content (AvgIpc) is 3.16. The Balaban J connectivity index is 1.36. The fourth-order valence-corrected chi connectivity index (χ4v) is 5.15. The number of nitrogens with one attached hydrogen (secondary N) is 4. The van der Waals surface area contributed by atoms with Crippen molar-refractivity contribution in [1.82, 2.24) is 25.5 Å². The van der Waals surface area contributed by atoms with Crippen molar-refractivity contribution >= 4 is 28.5 Å². The molecular formula is C23H27FN8. The maximum Gasteiger partial charge on any atom is 0.225 e. The number of nitrogens with zero attached hydrogens (tertiary/aromatic N) is 4. The lowest BCUT2D eigenvalue weighted by Crippen LogP contribution is -2.54. The van der Waals surface area contributed by atoms with Crippen molar-refractivity contribution < 1.29 is 4.39 Å². The first kappa shape index (κ1) is 20.6. The second-order valence-electron chi connectivity index (χ2n) is 9.03. The van der Waals surface area contributed by atoms with Gasteiger partial charge < -0.3 is 16.0 Å². The predicted molar refractivity (Wildman–Crippen MR) is 121 cm³/mol. The van der Waals surface area contributed by atoms with Crippen LogP contribution in [0.2, 0.25) is 0 Å². The lowest BCUT2D eigenvalue weighted by atomic mass is 9.77. The highest BCUT2D eigenvalue weighted by Gasteiger charge is 2.35. The summed E-state index contributed by atoms with van der Waals surface area (Å²) < 4.78 is 13.9. The summed E-state index contributed by atoms with van der Waals surface area (Å²) in [4.78, 5) is 9.31. The number of fused-ring (bicyclic) bond motifs is 3. The maximum absolute atomic E-state index is 13.9. The summed E-state index contributed by atoms with van der Waals surface area (Å²) in [6, 6.07) is 9.82. The van der Waals surface area contributed by atoms with Crippen molar-refractivity contribution in [2.45, 2.75) is 63.6 Å². The van der Waals surface area contributed by atoms with Gasteiger partial charge >= 0.3 is 0 Å². The molecule has 5 rings (SSSR count). The fourth-order valence-electron chi connectivity index (χ4n) is 5.15. The maximum atomic E-state index is 13.9. The highest BCUT2D eigenvalue weighted by molar-refractivity contribution is 5.91. The zero-order chi connectivity index (χ0) is 22.1. The van der Waals surface area contributed by atoms with Crippen LogP contribution in [-0.2, 0) is 0 Å². The number of H-pyrrole nitrogens is 1. The van der Waals surface area contributed by atoms with E-state index in [2.05, 4.69) is 37.2 Å². The zero-order valence-electron chi connectivity index (χ0n) is 18.0. The number of hydrogen-bond donors (Lipinski definition) is 4. The molecule has 32 heavy (non-hydrogen) atoms. The lowest BCUT2D eigenvalue weighted by Gasteiger charge is -2.43. The monoisotopic (exact) mass is 434 g/mol. The summed E-state index contributed by atoms with van der Waals surface area (Å²) in [5.41, 5.74) is 1.48. The quantitative estimate of drug-likeness (QED) is 0.461. The molecule has 2 bridgehead atoms. The minimum absolute atomic E-state index is 0.245. The standard InChI is InChI=1S/C23H27FN8/c1-13-7-21(32-31-13)29-22-19-5-4-15(24)10-20(19)28-23(30-22)27-18-11-16-8-14(3-2-6-25)9-17(12-18)26-16/h4-5,7,10,14,16-18,26H,2-3,8-9,11-12H2,1H3,(H3,27,28,29,30,31,32)/t14?,16-,17+,18?. The molecule has 0 amide bonds. The van der Waals surface area contributed by atoms with E-state index in [0.717, 1.165) is 43.2 Å². The Labute approximate surface area is 186 Å². The van der Waals surface area contributed by atoms with Crippen LogP contribution in [0.25, 0.3) is 10.9 Å². The number of aryl methyl sites for hydroxylation is 1. The van der Waals surface area contributed by atoms with Crippen molar-refractivity contribution in [1.29, 1.82) is 5.26 Å². The molecule has 9 heteroatoms. The van der Waals surface area contributed by atoms with Gasteiger partial charge in [0.15, 0.2) is 5.82 Å². The van der Waals surface area contributed by atoms with Crippen molar-refractivity contribution in [3.05, 3.63) is 35.8 Å². The fraction of sp³-hybridized carbons (Fsp3) is 0.478. The van der Waals surface area contributed by atoms with Gasteiger partial charge in [0, 0.05) is 47.8 Å². The molecule has 4 heterocycles. The van der Waals surface area contributed by atoms with E-state index in [-0.39, 0.29) is 11.9 Å². The Morgan fingerprint density at radius 2 is 1.97 bits per heavy atom. The van der Waals surface area contributed by atoms with Gasteiger partial charge in [0.05, 0.1) is 11.6 Å². The number of anilines is 3.